The molecule has 1 atom stereocenters. The molecule has 1 aromatic heterocycles. The Bertz CT molecular complexity index is 391. The monoisotopic (exact) mass is 308 g/mol. The Morgan fingerprint density at radius 3 is 2.89 bits per heavy atom. The molecule has 6 heteroatoms. The fraction of sp³-hybridized carbons (Fsp3) is 0.583. The third-order valence-corrected chi connectivity index (χ3v) is 4.22. The number of piperidine rings is 1. The Morgan fingerprint density at radius 1 is 1.56 bits per heavy atom. The van der Waals surface area contributed by atoms with Crippen LogP contribution in [-0.4, -0.2) is 30.4 Å². The summed E-state index contributed by atoms with van der Waals surface area (Å²) < 4.78 is 0.775. The predicted octanol–water partition coefficient (Wildman–Crippen LogP) is 2.92. The number of thiophene rings is 1. The van der Waals surface area contributed by atoms with Gasteiger partial charge in [-0.25, -0.2) is 0 Å². The van der Waals surface area contributed by atoms with Crippen molar-refractivity contribution in [3.05, 3.63) is 21.3 Å². The summed E-state index contributed by atoms with van der Waals surface area (Å²) in [5, 5.41) is 3.28. The smallest absolute Gasteiger partial charge is 0.239 e. The summed E-state index contributed by atoms with van der Waals surface area (Å²) in [5.74, 6) is 0.189. The van der Waals surface area contributed by atoms with Gasteiger partial charge in [-0.05, 0) is 31.5 Å². The van der Waals surface area contributed by atoms with Gasteiger partial charge < -0.3 is 10.2 Å². The quantitative estimate of drug-likeness (QED) is 0.931. The first kappa shape index (κ1) is 15.8. The van der Waals surface area contributed by atoms with Crippen molar-refractivity contribution in [2.45, 2.75) is 31.8 Å². The van der Waals surface area contributed by atoms with Gasteiger partial charge in [0.25, 0.3) is 0 Å². The molecule has 1 aliphatic heterocycles. The number of hydrogen-bond donors (Lipinski definition) is 1. The molecule has 0 radical (unpaired) electrons. The van der Waals surface area contributed by atoms with Crippen LogP contribution in [0.2, 0.25) is 4.34 Å². The van der Waals surface area contributed by atoms with Crippen LogP contribution in [0.4, 0.5) is 0 Å². The Labute approximate surface area is 123 Å². The minimum absolute atomic E-state index is 0. The van der Waals surface area contributed by atoms with Crippen LogP contribution in [0.5, 0.6) is 0 Å². The van der Waals surface area contributed by atoms with E-state index in [-0.39, 0.29) is 24.4 Å². The maximum absolute atomic E-state index is 12.1. The third-order valence-electron chi connectivity index (χ3n) is 3.01. The fourth-order valence-corrected chi connectivity index (χ4v) is 3.22. The Kier molecular flexibility index (Phi) is 6.43. The van der Waals surface area contributed by atoms with E-state index in [2.05, 4.69) is 5.32 Å². The van der Waals surface area contributed by atoms with Crippen LogP contribution in [0, 0.1) is 0 Å². The number of hydrogen-bond acceptors (Lipinski definition) is 3. The van der Waals surface area contributed by atoms with Crippen LogP contribution < -0.4 is 5.32 Å². The maximum Gasteiger partial charge on any atom is 0.239 e. The zero-order chi connectivity index (χ0) is 12.3. The second-order valence-corrected chi connectivity index (χ2v) is 6.20. The molecule has 1 aliphatic rings. The van der Waals surface area contributed by atoms with Crippen molar-refractivity contribution in [1.29, 1.82) is 0 Å². The summed E-state index contributed by atoms with van der Waals surface area (Å²) in [5.41, 5.74) is 0. The van der Waals surface area contributed by atoms with Crippen molar-refractivity contribution in [3.8, 4) is 0 Å². The normalized spacial score (nSPS) is 19.1. The molecule has 102 valence electrons. The minimum Gasteiger partial charge on any atom is -0.339 e. The molecule has 1 fully saturated rings. The van der Waals surface area contributed by atoms with Crippen molar-refractivity contribution in [1.82, 2.24) is 10.2 Å². The van der Waals surface area contributed by atoms with E-state index in [1.54, 1.807) is 4.90 Å². The zero-order valence-corrected chi connectivity index (χ0v) is 12.7. The van der Waals surface area contributed by atoms with Crippen molar-refractivity contribution in [2.24, 2.45) is 0 Å². The van der Waals surface area contributed by atoms with Crippen LogP contribution in [-0.2, 0) is 11.3 Å². The van der Waals surface area contributed by atoms with Gasteiger partial charge in [-0.2, -0.15) is 0 Å². The lowest BCUT2D eigenvalue weighted by molar-refractivity contribution is -0.133. The Balaban J connectivity index is 0.00000162. The van der Waals surface area contributed by atoms with Gasteiger partial charge in [-0.1, -0.05) is 18.0 Å². The summed E-state index contributed by atoms with van der Waals surface area (Å²) >= 11 is 7.41. The molecule has 0 spiro atoms. The van der Waals surface area contributed by atoms with E-state index in [1.807, 2.05) is 19.2 Å². The molecular weight excluding hydrogens is 291 g/mol. The molecule has 0 aliphatic carbocycles. The molecule has 1 saturated heterocycles. The summed E-state index contributed by atoms with van der Waals surface area (Å²) in [6.45, 7) is 1.60. The van der Waals surface area contributed by atoms with E-state index in [1.165, 1.54) is 17.8 Å². The van der Waals surface area contributed by atoms with E-state index in [9.17, 15) is 4.79 Å². The molecule has 1 aromatic rings. The SMILES string of the molecule is CN(Cc1ccc(Cl)s1)C(=O)[C@@H]1CCCCN1.Cl. The molecule has 0 bridgehead atoms. The molecule has 18 heavy (non-hydrogen) atoms. The van der Waals surface area contributed by atoms with Gasteiger partial charge in [0.15, 0.2) is 0 Å². The average molecular weight is 309 g/mol. The van der Waals surface area contributed by atoms with Gasteiger partial charge >= 0.3 is 0 Å². The lowest BCUT2D eigenvalue weighted by atomic mass is 10.0. The second kappa shape index (κ2) is 7.34. The highest BCUT2D eigenvalue weighted by atomic mass is 35.5. The summed E-state index contributed by atoms with van der Waals surface area (Å²) in [6, 6.07) is 3.85. The lowest BCUT2D eigenvalue weighted by Gasteiger charge is -2.27. The van der Waals surface area contributed by atoms with Gasteiger partial charge in [0, 0.05) is 11.9 Å². The van der Waals surface area contributed by atoms with E-state index in [0.29, 0.717) is 6.54 Å². The van der Waals surface area contributed by atoms with Crippen LogP contribution in [0.3, 0.4) is 0 Å². The van der Waals surface area contributed by atoms with E-state index < -0.39 is 0 Å². The number of likely N-dealkylation sites (N-methyl/N-ethyl adjacent to an activating group) is 1. The third kappa shape index (κ3) is 4.12. The average Bonchev–Trinajstić information content (AvgIpc) is 2.75. The van der Waals surface area contributed by atoms with Gasteiger partial charge in [-0.15, -0.1) is 23.7 Å². The van der Waals surface area contributed by atoms with Crippen LogP contribution in [0.25, 0.3) is 0 Å². The highest BCUT2D eigenvalue weighted by Crippen LogP contribution is 2.22. The fourth-order valence-electron chi connectivity index (χ4n) is 2.08. The van der Waals surface area contributed by atoms with Crippen molar-refractivity contribution in [3.63, 3.8) is 0 Å². The second-order valence-electron chi connectivity index (χ2n) is 4.40. The van der Waals surface area contributed by atoms with Crippen LogP contribution >= 0.6 is 35.3 Å². The van der Waals surface area contributed by atoms with Crippen molar-refractivity contribution in [2.75, 3.05) is 13.6 Å². The first-order valence-electron chi connectivity index (χ1n) is 5.89. The molecule has 0 aromatic carbocycles. The standard InChI is InChI=1S/C12H17ClN2OS.ClH/c1-15(8-9-5-6-11(13)17-9)12(16)10-4-2-3-7-14-10;/h5-6,10,14H,2-4,7-8H2,1H3;1H/t10-;/m0./s1. The number of carbonyl (C=O) groups excluding carboxylic acids is 1. The first-order valence-corrected chi connectivity index (χ1v) is 7.09. The van der Waals surface area contributed by atoms with Gasteiger partial charge in [0.05, 0.1) is 16.9 Å². The number of carbonyl (C=O) groups is 1. The molecule has 1 N–H and O–H groups in total. The van der Waals surface area contributed by atoms with E-state index >= 15 is 0 Å². The van der Waals surface area contributed by atoms with Gasteiger partial charge in [0.1, 0.15) is 0 Å². The molecule has 2 heterocycles. The van der Waals surface area contributed by atoms with Crippen molar-refractivity contribution >= 4 is 41.3 Å². The molecule has 1 amide bonds. The summed E-state index contributed by atoms with van der Waals surface area (Å²) in [6.07, 6.45) is 3.27. The van der Waals surface area contributed by atoms with Gasteiger partial charge in [-0.3, -0.25) is 4.79 Å². The number of rotatable bonds is 3. The topological polar surface area (TPSA) is 32.3 Å². The molecule has 0 unspecified atom stereocenters. The predicted molar refractivity (Wildman–Crippen MR) is 78.7 cm³/mol. The number of nitrogens with zero attached hydrogens (tertiary/aromatic N) is 1. The lowest BCUT2D eigenvalue weighted by Crippen LogP contribution is -2.46. The highest BCUT2D eigenvalue weighted by molar-refractivity contribution is 7.16. The summed E-state index contributed by atoms with van der Waals surface area (Å²) in [7, 11) is 1.85. The van der Waals surface area contributed by atoms with Gasteiger partial charge in [0.2, 0.25) is 5.91 Å². The Hall–Kier alpha value is -0.290. The van der Waals surface area contributed by atoms with Crippen LogP contribution in [0.15, 0.2) is 12.1 Å². The Morgan fingerprint density at radius 2 is 2.33 bits per heavy atom. The minimum atomic E-state index is 0. The molecule has 0 saturated carbocycles. The number of halogens is 2. The highest BCUT2D eigenvalue weighted by Gasteiger charge is 2.23. The maximum atomic E-state index is 12.1. The van der Waals surface area contributed by atoms with Crippen molar-refractivity contribution < 1.29 is 4.79 Å². The van der Waals surface area contributed by atoms with E-state index in [4.69, 9.17) is 11.6 Å². The zero-order valence-electron chi connectivity index (χ0n) is 10.3. The largest absolute Gasteiger partial charge is 0.339 e. The summed E-state index contributed by atoms with van der Waals surface area (Å²) in [4.78, 5) is 15.1. The number of amides is 1. The van der Waals surface area contributed by atoms with E-state index in [0.717, 1.165) is 28.6 Å². The molecular formula is C12H18Cl2N2OS. The number of nitrogens with one attached hydrogen (secondary N) is 1. The molecule has 2 rings (SSSR count). The molecule has 3 nitrogen and oxygen atoms in total. The first-order chi connectivity index (χ1) is 8.16. The van der Waals surface area contributed by atoms with Crippen LogP contribution in [0.1, 0.15) is 24.1 Å².